The standard InChI is InChI=1S/C10H9BrCl/c1-3-7(2)9-6-8(12)4-5-10(9)11/h3-7H,1-2H2. The molecule has 0 aliphatic rings. The first kappa shape index (κ1) is 9.82. The minimum Gasteiger partial charge on any atom is -0.102 e. The van der Waals surface area contributed by atoms with Gasteiger partial charge < -0.3 is 0 Å². The van der Waals surface area contributed by atoms with Gasteiger partial charge in [-0.3, -0.25) is 0 Å². The van der Waals surface area contributed by atoms with Crippen LogP contribution in [0.15, 0.2) is 35.3 Å². The third kappa shape index (κ3) is 2.11. The van der Waals surface area contributed by atoms with Crippen LogP contribution in [-0.2, 0) is 0 Å². The van der Waals surface area contributed by atoms with E-state index in [1.54, 1.807) is 6.08 Å². The predicted octanol–water partition coefficient (Wildman–Crippen LogP) is 4.21. The van der Waals surface area contributed by atoms with Gasteiger partial charge in [0.15, 0.2) is 0 Å². The van der Waals surface area contributed by atoms with E-state index in [1.807, 2.05) is 18.2 Å². The molecule has 1 aromatic rings. The molecule has 0 saturated carbocycles. The van der Waals surface area contributed by atoms with Crippen LogP contribution in [-0.4, -0.2) is 0 Å². The van der Waals surface area contributed by atoms with Crippen molar-refractivity contribution in [2.45, 2.75) is 5.92 Å². The topological polar surface area (TPSA) is 0 Å². The van der Waals surface area contributed by atoms with Crippen molar-refractivity contribution in [3.63, 3.8) is 0 Å². The third-order valence-corrected chi connectivity index (χ3v) is 2.60. The largest absolute Gasteiger partial charge is 0.102 e. The molecule has 2 heteroatoms. The minimum absolute atomic E-state index is 0.0816. The van der Waals surface area contributed by atoms with Crippen LogP contribution in [0.5, 0.6) is 0 Å². The lowest BCUT2D eigenvalue weighted by molar-refractivity contribution is 1.07. The molecule has 0 aliphatic heterocycles. The molecule has 0 aliphatic carbocycles. The van der Waals surface area contributed by atoms with Gasteiger partial charge in [0.2, 0.25) is 0 Å². The summed E-state index contributed by atoms with van der Waals surface area (Å²) in [5.41, 5.74) is 1.07. The van der Waals surface area contributed by atoms with Gasteiger partial charge >= 0.3 is 0 Å². The molecule has 1 aromatic carbocycles. The lowest BCUT2D eigenvalue weighted by Gasteiger charge is -2.08. The number of hydrogen-bond acceptors (Lipinski definition) is 0. The van der Waals surface area contributed by atoms with E-state index in [0.717, 1.165) is 15.1 Å². The van der Waals surface area contributed by atoms with Gasteiger partial charge in [0.05, 0.1) is 0 Å². The van der Waals surface area contributed by atoms with Crippen LogP contribution in [0.4, 0.5) is 0 Å². The molecule has 0 N–H and O–H groups in total. The summed E-state index contributed by atoms with van der Waals surface area (Å²) < 4.78 is 1.02. The highest BCUT2D eigenvalue weighted by atomic mass is 79.9. The lowest BCUT2D eigenvalue weighted by Crippen LogP contribution is -1.90. The average molecular weight is 245 g/mol. The Labute approximate surface area is 86.4 Å². The van der Waals surface area contributed by atoms with Crippen molar-refractivity contribution < 1.29 is 0 Å². The molecule has 12 heavy (non-hydrogen) atoms. The second-order valence-electron chi connectivity index (χ2n) is 2.51. The Kier molecular flexibility index (Phi) is 3.36. The Balaban J connectivity index is 3.12. The van der Waals surface area contributed by atoms with Crippen LogP contribution < -0.4 is 0 Å². The highest BCUT2D eigenvalue weighted by molar-refractivity contribution is 9.10. The maximum absolute atomic E-state index is 5.83. The molecule has 1 atom stereocenters. The Hall–Kier alpha value is -0.270. The molecular formula is C10H9BrCl. The zero-order chi connectivity index (χ0) is 9.14. The number of hydrogen-bond donors (Lipinski definition) is 0. The molecule has 0 bridgehead atoms. The molecule has 0 fully saturated rings. The van der Waals surface area contributed by atoms with Gasteiger partial charge in [0, 0.05) is 15.4 Å². The Morgan fingerprint density at radius 2 is 2.17 bits per heavy atom. The van der Waals surface area contributed by atoms with Crippen LogP contribution in [0.3, 0.4) is 0 Å². The van der Waals surface area contributed by atoms with Crippen molar-refractivity contribution in [3.8, 4) is 0 Å². The summed E-state index contributed by atoms with van der Waals surface area (Å²) in [7, 11) is 0. The Morgan fingerprint density at radius 3 is 2.75 bits per heavy atom. The maximum atomic E-state index is 5.83. The van der Waals surface area contributed by atoms with Crippen LogP contribution >= 0.6 is 27.5 Å². The van der Waals surface area contributed by atoms with Crippen molar-refractivity contribution >= 4 is 27.5 Å². The molecule has 0 aromatic heterocycles. The van der Waals surface area contributed by atoms with Gasteiger partial charge in [0.25, 0.3) is 0 Å². The molecule has 0 heterocycles. The molecule has 1 radical (unpaired) electrons. The van der Waals surface area contributed by atoms with E-state index in [2.05, 4.69) is 29.4 Å². The minimum atomic E-state index is 0.0816. The molecule has 0 amide bonds. The zero-order valence-corrected chi connectivity index (χ0v) is 8.90. The van der Waals surface area contributed by atoms with Gasteiger partial charge in [-0.25, -0.2) is 0 Å². The molecule has 0 nitrogen and oxygen atoms in total. The summed E-state index contributed by atoms with van der Waals surface area (Å²) in [6.45, 7) is 7.60. The predicted molar refractivity (Wildman–Crippen MR) is 57.4 cm³/mol. The van der Waals surface area contributed by atoms with Crippen molar-refractivity contribution in [3.05, 3.63) is 52.8 Å². The SMILES string of the molecule is [CH2]C(C=C)c1cc(Cl)ccc1Br. The van der Waals surface area contributed by atoms with Crippen LogP contribution in [0.2, 0.25) is 5.02 Å². The van der Waals surface area contributed by atoms with E-state index in [9.17, 15) is 0 Å². The van der Waals surface area contributed by atoms with E-state index in [0.29, 0.717) is 0 Å². The maximum Gasteiger partial charge on any atom is 0.0409 e. The van der Waals surface area contributed by atoms with Crippen molar-refractivity contribution in [2.75, 3.05) is 0 Å². The Bertz CT molecular complexity index is 294. The smallest absolute Gasteiger partial charge is 0.0409 e. The van der Waals surface area contributed by atoms with Crippen molar-refractivity contribution in [1.82, 2.24) is 0 Å². The third-order valence-electron chi connectivity index (χ3n) is 1.64. The summed E-state index contributed by atoms with van der Waals surface area (Å²) in [5.74, 6) is 0.0816. The second-order valence-corrected chi connectivity index (χ2v) is 3.80. The van der Waals surface area contributed by atoms with Gasteiger partial charge in [-0.1, -0.05) is 33.6 Å². The molecule has 63 valence electrons. The molecule has 0 saturated heterocycles. The summed E-state index contributed by atoms with van der Waals surface area (Å²) in [5, 5.41) is 0.726. The molecule has 1 rings (SSSR count). The van der Waals surface area contributed by atoms with E-state index >= 15 is 0 Å². The first-order chi connectivity index (χ1) is 5.65. The normalized spacial score (nSPS) is 12.6. The fourth-order valence-electron chi connectivity index (χ4n) is 0.926. The van der Waals surface area contributed by atoms with Gasteiger partial charge in [0.1, 0.15) is 0 Å². The lowest BCUT2D eigenvalue weighted by atomic mass is 10.0. The van der Waals surface area contributed by atoms with Gasteiger partial charge in [-0.2, -0.15) is 0 Å². The quantitative estimate of drug-likeness (QED) is 0.684. The summed E-state index contributed by atoms with van der Waals surface area (Å²) in [4.78, 5) is 0. The molecule has 1 unspecified atom stereocenters. The fraction of sp³-hybridized carbons (Fsp3) is 0.100. The second kappa shape index (κ2) is 4.11. The van der Waals surface area contributed by atoms with E-state index in [-0.39, 0.29) is 5.92 Å². The Morgan fingerprint density at radius 1 is 1.50 bits per heavy atom. The number of allylic oxidation sites excluding steroid dienone is 1. The number of halogens is 2. The monoisotopic (exact) mass is 243 g/mol. The zero-order valence-electron chi connectivity index (χ0n) is 6.56. The van der Waals surface area contributed by atoms with Crippen LogP contribution in [0, 0.1) is 6.92 Å². The van der Waals surface area contributed by atoms with Crippen LogP contribution in [0.1, 0.15) is 11.5 Å². The summed E-state index contributed by atoms with van der Waals surface area (Å²) in [6, 6.07) is 5.65. The van der Waals surface area contributed by atoms with E-state index in [4.69, 9.17) is 11.6 Å². The van der Waals surface area contributed by atoms with Gasteiger partial charge in [-0.15, -0.1) is 6.58 Å². The summed E-state index contributed by atoms with van der Waals surface area (Å²) >= 11 is 9.26. The average Bonchev–Trinajstić information content (AvgIpc) is 2.08. The van der Waals surface area contributed by atoms with E-state index < -0.39 is 0 Å². The first-order valence-corrected chi connectivity index (χ1v) is 4.73. The highest BCUT2D eigenvalue weighted by Gasteiger charge is 2.05. The van der Waals surface area contributed by atoms with Crippen molar-refractivity contribution in [2.24, 2.45) is 0 Å². The van der Waals surface area contributed by atoms with Crippen LogP contribution in [0.25, 0.3) is 0 Å². The molecular weight excluding hydrogens is 235 g/mol. The highest BCUT2D eigenvalue weighted by Crippen LogP contribution is 2.27. The van der Waals surface area contributed by atoms with Crippen molar-refractivity contribution in [1.29, 1.82) is 0 Å². The number of rotatable bonds is 2. The molecule has 0 spiro atoms. The fourth-order valence-corrected chi connectivity index (χ4v) is 1.65. The van der Waals surface area contributed by atoms with E-state index in [1.165, 1.54) is 0 Å². The van der Waals surface area contributed by atoms with Gasteiger partial charge in [-0.05, 0) is 30.7 Å². The first-order valence-electron chi connectivity index (χ1n) is 3.55. The summed E-state index contributed by atoms with van der Waals surface area (Å²) in [6.07, 6.45) is 1.79. The number of benzene rings is 1.